The van der Waals surface area contributed by atoms with Crippen molar-refractivity contribution in [2.45, 2.75) is 11.5 Å². The van der Waals surface area contributed by atoms with Gasteiger partial charge in [0.15, 0.2) is 22.9 Å². The SMILES string of the molecule is CN1C[C@H](c2ccc([N+](=O)[O-])o2)[C@@H](C(=O)c2ccc(Br)cc2)C12C(=O)c1ccccc1C2=O. The van der Waals surface area contributed by atoms with Crippen LogP contribution in [0.2, 0.25) is 0 Å². The molecule has 1 aromatic heterocycles. The smallest absolute Gasteiger partial charge is 0.405 e. The van der Waals surface area contributed by atoms with Gasteiger partial charge in [0.05, 0.1) is 12.0 Å². The zero-order chi connectivity index (χ0) is 23.5. The normalized spacial score (nSPS) is 21.5. The topological polar surface area (TPSA) is 111 Å². The zero-order valence-electron chi connectivity index (χ0n) is 17.4. The van der Waals surface area contributed by atoms with E-state index in [9.17, 15) is 24.5 Å². The lowest BCUT2D eigenvalue weighted by molar-refractivity contribution is -0.402. The number of fused-ring (bicyclic) bond motifs is 1. The Labute approximate surface area is 196 Å². The number of nitro groups is 1. The fourth-order valence-corrected chi connectivity index (χ4v) is 5.42. The fraction of sp³-hybridized carbons (Fsp3) is 0.208. The summed E-state index contributed by atoms with van der Waals surface area (Å²) in [5, 5.41) is 11.2. The number of hydrogen-bond donors (Lipinski definition) is 0. The van der Waals surface area contributed by atoms with E-state index in [1.807, 2.05) is 0 Å². The summed E-state index contributed by atoms with van der Waals surface area (Å²) in [7, 11) is 1.63. The number of nitrogens with zero attached hydrogens (tertiary/aromatic N) is 2. The van der Waals surface area contributed by atoms with Gasteiger partial charge in [-0.2, -0.15) is 0 Å². The largest absolute Gasteiger partial charge is 0.433 e. The van der Waals surface area contributed by atoms with Gasteiger partial charge in [0, 0.05) is 33.6 Å². The Hall–Kier alpha value is -3.43. The minimum absolute atomic E-state index is 0.142. The minimum Gasteiger partial charge on any atom is -0.405 e. The van der Waals surface area contributed by atoms with E-state index in [1.54, 1.807) is 60.5 Å². The highest BCUT2D eigenvalue weighted by Gasteiger charge is 2.68. The number of likely N-dealkylation sites (N-methyl/N-ethyl adjacent to an activating group) is 1. The molecule has 1 aliphatic heterocycles. The van der Waals surface area contributed by atoms with Gasteiger partial charge in [-0.3, -0.25) is 29.4 Å². The highest BCUT2D eigenvalue weighted by atomic mass is 79.9. The monoisotopic (exact) mass is 508 g/mol. The van der Waals surface area contributed by atoms with Crippen molar-refractivity contribution in [3.05, 3.63) is 97.7 Å². The van der Waals surface area contributed by atoms with Crippen LogP contribution in [0.4, 0.5) is 5.88 Å². The number of ketones is 3. The standard InChI is InChI=1S/C24H17BrN2O6/c1-26-12-17(18-10-11-19(33-18)27(31)32)20(21(28)13-6-8-14(25)9-7-13)24(26)22(29)15-4-2-3-5-16(15)23(24)30/h2-11,17,20H,12H2,1H3/t17-,20+/m1/s1. The van der Waals surface area contributed by atoms with Gasteiger partial charge >= 0.3 is 5.88 Å². The molecule has 1 aliphatic carbocycles. The molecular formula is C24H17BrN2O6. The van der Waals surface area contributed by atoms with Crippen LogP contribution in [0.25, 0.3) is 0 Å². The zero-order valence-corrected chi connectivity index (χ0v) is 18.9. The fourth-order valence-electron chi connectivity index (χ4n) is 5.16. The van der Waals surface area contributed by atoms with E-state index < -0.39 is 45.5 Å². The van der Waals surface area contributed by atoms with Crippen LogP contribution in [0.15, 0.2) is 69.6 Å². The second kappa shape index (κ2) is 7.57. The lowest BCUT2D eigenvalue weighted by atomic mass is 9.71. The molecule has 1 spiro atoms. The number of hydrogen-bond acceptors (Lipinski definition) is 7. The summed E-state index contributed by atoms with van der Waals surface area (Å²) < 4.78 is 6.23. The van der Waals surface area contributed by atoms with E-state index in [0.717, 1.165) is 4.47 Å². The molecule has 0 saturated carbocycles. The van der Waals surface area contributed by atoms with Gasteiger partial charge in [0.2, 0.25) is 0 Å². The minimum atomic E-state index is -1.75. The summed E-state index contributed by atoms with van der Waals surface area (Å²) in [4.78, 5) is 53.6. The molecule has 0 amide bonds. The molecule has 9 heteroatoms. The highest BCUT2D eigenvalue weighted by Crippen LogP contribution is 2.52. The molecule has 0 N–H and O–H groups in total. The van der Waals surface area contributed by atoms with Gasteiger partial charge in [-0.05, 0) is 25.2 Å². The summed E-state index contributed by atoms with van der Waals surface area (Å²) in [6, 6.07) is 15.8. The van der Waals surface area contributed by atoms with Crippen LogP contribution in [-0.4, -0.2) is 46.3 Å². The summed E-state index contributed by atoms with van der Waals surface area (Å²) in [5.41, 5.74) is -0.872. The number of furan rings is 1. The van der Waals surface area contributed by atoms with Crippen LogP contribution in [0.1, 0.15) is 42.8 Å². The van der Waals surface area contributed by atoms with E-state index in [2.05, 4.69) is 15.9 Å². The predicted octanol–water partition coefficient (Wildman–Crippen LogP) is 4.30. The number of rotatable bonds is 4. The molecule has 0 bridgehead atoms. The molecule has 2 heterocycles. The lowest BCUT2D eigenvalue weighted by Crippen LogP contribution is -2.57. The van der Waals surface area contributed by atoms with Crippen LogP contribution in [0, 0.1) is 16.0 Å². The molecular weight excluding hydrogens is 492 g/mol. The lowest BCUT2D eigenvalue weighted by Gasteiger charge is -2.33. The van der Waals surface area contributed by atoms with Gasteiger partial charge in [-0.1, -0.05) is 52.3 Å². The van der Waals surface area contributed by atoms with Gasteiger partial charge in [0.25, 0.3) is 0 Å². The van der Waals surface area contributed by atoms with E-state index in [1.165, 1.54) is 12.1 Å². The molecule has 3 aromatic rings. The Kier molecular flexibility index (Phi) is 4.91. The summed E-state index contributed by atoms with van der Waals surface area (Å²) in [5.74, 6) is -3.41. The maximum atomic E-state index is 13.9. The third-order valence-corrected chi connectivity index (χ3v) is 7.13. The Morgan fingerprint density at radius 3 is 2.21 bits per heavy atom. The second-order valence-electron chi connectivity index (χ2n) is 8.24. The van der Waals surface area contributed by atoms with Crippen LogP contribution in [0.5, 0.6) is 0 Å². The van der Waals surface area contributed by atoms with Gasteiger partial charge in [-0.15, -0.1) is 0 Å². The maximum Gasteiger partial charge on any atom is 0.433 e. The van der Waals surface area contributed by atoms with E-state index in [0.29, 0.717) is 5.56 Å². The number of carbonyl (C=O) groups is 3. The highest BCUT2D eigenvalue weighted by molar-refractivity contribution is 9.10. The molecule has 2 aliphatic rings. The number of carbonyl (C=O) groups excluding carboxylic acids is 3. The maximum absolute atomic E-state index is 13.9. The molecule has 0 radical (unpaired) electrons. The Morgan fingerprint density at radius 2 is 1.67 bits per heavy atom. The second-order valence-corrected chi connectivity index (χ2v) is 9.15. The summed E-state index contributed by atoms with van der Waals surface area (Å²) in [6.07, 6.45) is 0. The molecule has 2 atom stereocenters. The van der Waals surface area contributed by atoms with E-state index in [-0.39, 0.29) is 23.4 Å². The van der Waals surface area contributed by atoms with Crippen molar-refractivity contribution in [1.82, 2.24) is 4.90 Å². The van der Waals surface area contributed by atoms with Crippen molar-refractivity contribution in [1.29, 1.82) is 0 Å². The van der Waals surface area contributed by atoms with E-state index in [4.69, 9.17) is 4.42 Å². The predicted molar refractivity (Wildman–Crippen MR) is 121 cm³/mol. The molecule has 33 heavy (non-hydrogen) atoms. The number of likely N-dealkylation sites (tertiary alicyclic amines) is 1. The first-order valence-electron chi connectivity index (χ1n) is 10.2. The van der Waals surface area contributed by atoms with Crippen LogP contribution < -0.4 is 0 Å². The van der Waals surface area contributed by atoms with Crippen molar-refractivity contribution in [3.63, 3.8) is 0 Å². The average molecular weight is 509 g/mol. The average Bonchev–Trinajstić information content (AvgIpc) is 3.47. The third-order valence-electron chi connectivity index (χ3n) is 6.60. The first-order valence-corrected chi connectivity index (χ1v) is 11.0. The van der Waals surface area contributed by atoms with Gasteiger partial charge in [0.1, 0.15) is 10.7 Å². The summed E-state index contributed by atoms with van der Waals surface area (Å²) in [6.45, 7) is 0.142. The van der Waals surface area contributed by atoms with Crippen molar-refractivity contribution >= 4 is 39.2 Å². The molecule has 166 valence electrons. The van der Waals surface area contributed by atoms with Crippen LogP contribution in [0.3, 0.4) is 0 Å². The quantitative estimate of drug-likeness (QED) is 0.223. The van der Waals surface area contributed by atoms with Crippen molar-refractivity contribution in [3.8, 4) is 0 Å². The van der Waals surface area contributed by atoms with Crippen LogP contribution >= 0.6 is 15.9 Å². The first kappa shape index (κ1) is 21.4. The Bertz CT molecular complexity index is 1290. The van der Waals surface area contributed by atoms with Crippen molar-refractivity contribution < 1.29 is 23.7 Å². The summed E-state index contributed by atoms with van der Waals surface area (Å²) >= 11 is 3.34. The number of halogens is 1. The number of benzene rings is 2. The van der Waals surface area contributed by atoms with Crippen molar-refractivity contribution in [2.75, 3.05) is 13.6 Å². The molecule has 2 aromatic carbocycles. The number of Topliss-reactive ketones (excluding diaryl/α,β-unsaturated/α-hetero) is 3. The Balaban J connectivity index is 1.70. The van der Waals surface area contributed by atoms with Crippen molar-refractivity contribution in [2.24, 2.45) is 5.92 Å². The first-order chi connectivity index (χ1) is 15.8. The molecule has 1 saturated heterocycles. The van der Waals surface area contributed by atoms with Gasteiger partial charge in [-0.25, -0.2) is 0 Å². The molecule has 8 nitrogen and oxygen atoms in total. The molecule has 0 unspecified atom stereocenters. The van der Waals surface area contributed by atoms with Gasteiger partial charge < -0.3 is 4.42 Å². The molecule has 1 fully saturated rings. The van der Waals surface area contributed by atoms with E-state index >= 15 is 0 Å². The van der Waals surface area contributed by atoms with Crippen LogP contribution in [-0.2, 0) is 0 Å². The Morgan fingerprint density at radius 1 is 1.06 bits per heavy atom. The molecule has 5 rings (SSSR count). The third kappa shape index (κ3) is 2.96.